The maximum Gasteiger partial charge on any atom is 0.227 e. The highest BCUT2D eigenvalue weighted by Crippen LogP contribution is 2.38. The Kier molecular flexibility index (Phi) is 5.22. The average molecular weight is 313 g/mol. The number of nitrogens with zero attached hydrogens (tertiary/aromatic N) is 1. The van der Waals surface area contributed by atoms with Crippen molar-refractivity contribution in [1.82, 2.24) is 10.2 Å². The van der Waals surface area contributed by atoms with Crippen molar-refractivity contribution in [2.24, 2.45) is 5.41 Å². The molecule has 2 aliphatic rings. The lowest BCUT2D eigenvalue weighted by atomic mass is 9.78. The second-order valence-corrected chi connectivity index (χ2v) is 6.12. The minimum atomic E-state index is -0.272. The molecule has 0 unspecified atom stereocenters. The van der Waals surface area contributed by atoms with E-state index in [0.717, 1.165) is 51.0 Å². The van der Waals surface area contributed by atoms with Crippen LogP contribution >= 0.6 is 12.4 Å². The van der Waals surface area contributed by atoms with Crippen LogP contribution in [0.15, 0.2) is 24.3 Å². The molecule has 2 heterocycles. The second kappa shape index (κ2) is 6.75. The zero-order valence-electron chi connectivity index (χ0n) is 12.1. The maximum atomic E-state index is 13.1. The zero-order valence-corrected chi connectivity index (χ0v) is 12.9. The minimum absolute atomic E-state index is 0. The van der Waals surface area contributed by atoms with Gasteiger partial charge in [0.2, 0.25) is 5.91 Å². The molecular weight excluding hydrogens is 291 g/mol. The Morgan fingerprint density at radius 2 is 2.05 bits per heavy atom. The van der Waals surface area contributed by atoms with Gasteiger partial charge in [-0.25, -0.2) is 4.39 Å². The first kappa shape index (κ1) is 16.2. The number of carbonyl (C=O) groups excluding carboxylic acids is 1. The molecule has 1 amide bonds. The summed E-state index contributed by atoms with van der Waals surface area (Å²) in [6.07, 6.45) is 3.75. The Bertz CT molecular complexity index is 503. The van der Waals surface area contributed by atoms with Gasteiger partial charge in [-0.2, -0.15) is 0 Å². The van der Waals surface area contributed by atoms with E-state index in [9.17, 15) is 9.18 Å². The quantitative estimate of drug-likeness (QED) is 0.909. The number of carbonyl (C=O) groups is 1. The van der Waals surface area contributed by atoms with E-state index in [-0.39, 0.29) is 24.1 Å². The number of halogens is 2. The smallest absolute Gasteiger partial charge is 0.227 e. The molecule has 0 aromatic heterocycles. The number of piperidine rings is 1. The average Bonchev–Trinajstić information content (AvgIpc) is 2.83. The van der Waals surface area contributed by atoms with Gasteiger partial charge in [-0.15, -0.1) is 12.4 Å². The lowest BCUT2D eigenvalue weighted by molar-refractivity contribution is -0.129. The van der Waals surface area contributed by atoms with Gasteiger partial charge in [-0.3, -0.25) is 4.79 Å². The third-order valence-electron chi connectivity index (χ3n) is 4.70. The highest BCUT2D eigenvalue weighted by Gasteiger charge is 2.40. The van der Waals surface area contributed by atoms with Crippen LogP contribution in [0.25, 0.3) is 0 Å². The number of rotatable bonds is 2. The normalized spacial score (nSPS) is 20.3. The molecule has 0 aliphatic carbocycles. The van der Waals surface area contributed by atoms with Crippen LogP contribution in [0.4, 0.5) is 4.39 Å². The Morgan fingerprint density at radius 3 is 2.76 bits per heavy atom. The monoisotopic (exact) mass is 312 g/mol. The van der Waals surface area contributed by atoms with E-state index in [1.54, 1.807) is 6.07 Å². The van der Waals surface area contributed by atoms with Gasteiger partial charge in [0.05, 0.1) is 6.42 Å². The van der Waals surface area contributed by atoms with Gasteiger partial charge in [-0.05, 0) is 55.5 Å². The van der Waals surface area contributed by atoms with Crippen LogP contribution in [-0.2, 0) is 11.2 Å². The fraction of sp³-hybridized carbons (Fsp3) is 0.562. The van der Waals surface area contributed by atoms with Crippen molar-refractivity contribution in [3.63, 3.8) is 0 Å². The summed E-state index contributed by atoms with van der Waals surface area (Å²) in [5.74, 6) is -0.141. The summed E-state index contributed by atoms with van der Waals surface area (Å²) in [5.41, 5.74) is 1.10. The number of amides is 1. The van der Waals surface area contributed by atoms with Crippen LogP contribution in [0.1, 0.15) is 24.8 Å². The first-order chi connectivity index (χ1) is 9.67. The summed E-state index contributed by atoms with van der Waals surface area (Å²) in [7, 11) is 0. The molecule has 1 aromatic rings. The largest absolute Gasteiger partial charge is 0.342 e. The molecule has 1 spiro atoms. The van der Waals surface area contributed by atoms with E-state index in [2.05, 4.69) is 5.32 Å². The molecule has 5 heteroatoms. The Balaban J connectivity index is 0.00000161. The van der Waals surface area contributed by atoms with Crippen molar-refractivity contribution in [3.05, 3.63) is 35.6 Å². The number of benzene rings is 1. The molecule has 3 nitrogen and oxygen atoms in total. The van der Waals surface area contributed by atoms with Crippen molar-refractivity contribution in [1.29, 1.82) is 0 Å². The van der Waals surface area contributed by atoms with Crippen LogP contribution in [0.3, 0.4) is 0 Å². The van der Waals surface area contributed by atoms with Gasteiger partial charge in [0, 0.05) is 13.1 Å². The molecule has 1 N–H and O–H groups in total. The van der Waals surface area contributed by atoms with Gasteiger partial charge >= 0.3 is 0 Å². The zero-order chi connectivity index (χ0) is 14.0. The summed E-state index contributed by atoms with van der Waals surface area (Å²) < 4.78 is 13.1. The van der Waals surface area contributed by atoms with Crippen LogP contribution in [0.5, 0.6) is 0 Å². The van der Waals surface area contributed by atoms with Gasteiger partial charge in [-0.1, -0.05) is 12.1 Å². The fourth-order valence-electron chi connectivity index (χ4n) is 3.45. The van der Waals surface area contributed by atoms with Crippen molar-refractivity contribution in [3.8, 4) is 0 Å². The molecule has 2 aliphatic heterocycles. The van der Waals surface area contributed by atoms with Crippen LogP contribution in [-0.4, -0.2) is 37.0 Å². The molecule has 3 rings (SSSR count). The molecule has 1 aromatic carbocycles. The molecule has 0 bridgehead atoms. The summed E-state index contributed by atoms with van der Waals surface area (Å²) in [6, 6.07) is 6.34. The summed E-state index contributed by atoms with van der Waals surface area (Å²) in [5, 5.41) is 3.38. The summed E-state index contributed by atoms with van der Waals surface area (Å²) >= 11 is 0. The highest BCUT2D eigenvalue weighted by molar-refractivity contribution is 5.85. The molecule has 2 fully saturated rings. The van der Waals surface area contributed by atoms with Crippen molar-refractivity contribution < 1.29 is 9.18 Å². The summed E-state index contributed by atoms with van der Waals surface area (Å²) in [4.78, 5) is 14.3. The predicted molar refractivity (Wildman–Crippen MR) is 83.1 cm³/mol. The maximum absolute atomic E-state index is 13.1. The highest BCUT2D eigenvalue weighted by atomic mass is 35.5. The number of nitrogens with one attached hydrogen (secondary N) is 1. The van der Waals surface area contributed by atoms with Gasteiger partial charge < -0.3 is 10.2 Å². The fourth-order valence-corrected chi connectivity index (χ4v) is 3.45. The predicted octanol–water partition coefficient (Wildman–Crippen LogP) is 2.39. The number of hydrogen-bond acceptors (Lipinski definition) is 2. The lowest BCUT2D eigenvalue weighted by Crippen LogP contribution is -2.40. The molecule has 116 valence electrons. The van der Waals surface area contributed by atoms with E-state index in [1.165, 1.54) is 12.1 Å². The van der Waals surface area contributed by atoms with E-state index < -0.39 is 0 Å². The van der Waals surface area contributed by atoms with Crippen LogP contribution < -0.4 is 5.32 Å². The molecule has 0 radical (unpaired) electrons. The van der Waals surface area contributed by atoms with Gasteiger partial charge in [0.15, 0.2) is 0 Å². The van der Waals surface area contributed by atoms with E-state index >= 15 is 0 Å². The van der Waals surface area contributed by atoms with Crippen molar-refractivity contribution >= 4 is 18.3 Å². The molecule has 0 atom stereocenters. The third-order valence-corrected chi connectivity index (χ3v) is 4.70. The lowest BCUT2D eigenvalue weighted by Gasteiger charge is -2.33. The molecule has 2 saturated heterocycles. The Hall–Kier alpha value is -1.13. The Morgan fingerprint density at radius 1 is 1.29 bits per heavy atom. The topological polar surface area (TPSA) is 32.3 Å². The first-order valence-electron chi connectivity index (χ1n) is 7.40. The van der Waals surface area contributed by atoms with Crippen LogP contribution in [0.2, 0.25) is 0 Å². The first-order valence-corrected chi connectivity index (χ1v) is 7.40. The second-order valence-electron chi connectivity index (χ2n) is 6.12. The van der Waals surface area contributed by atoms with E-state index in [4.69, 9.17) is 0 Å². The van der Waals surface area contributed by atoms with Crippen LogP contribution in [0, 0.1) is 11.2 Å². The molecule has 21 heavy (non-hydrogen) atoms. The van der Waals surface area contributed by atoms with Gasteiger partial charge in [0.1, 0.15) is 5.82 Å². The minimum Gasteiger partial charge on any atom is -0.342 e. The Labute approximate surface area is 131 Å². The van der Waals surface area contributed by atoms with Crippen molar-refractivity contribution in [2.75, 3.05) is 26.2 Å². The van der Waals surface area contributed by atoms with E-state index in [1.807, 2.05) is 11.0 Å². The standard InChI is InChI=1S/C16H21FN2O.ClH/c17-14-3-1-2-13(10-14)11-15(20)19-9-6-16(12-19)4-7-18-8-5-16;/h1-3,10,18H,4-9,11-12H2;1H. The number of hydrogen-bond donors (Lipinski definition) is 1. The third kappa shape index (κ3) is 3.74. The number of likely N-dealkylation sites (tertiary alicyclic amines) is 1. The molecule has 0 saturated carbocycles. The SMILES string of the molecule is Cl.O=C(Cc1cccc(F)c1)N1CCC2(CCNCC2)C1. The van der Waals surface area contributed by atoms with Gasteiger partial charge in [0.25, 0.3) is 0 Å². The van der Waals surface area contributed by atoms with E-state index in [0.29, 0.717) is 11.8 Å². The van der Waals surface area contributed by atoms with Crippen molar-refractivity contribution in [2.45, 2.75) is 25.7 Å². The molecular formula is C16H22ClFN2O. The summed E-state index contributed by atoms with van der Waals surface area (Å²) in [6.45, 7) is 3.86.